The fourth-order valence-electron chi connectivity index (χ4n) is 1.03. The van der Waals surface area contributed by atoms with Crippen molar-refractivity contribution in [3.63, 3.8) is 0 Å². The molecular formula is C9H6ClNOS2. The molecule has 72 valence electrons. The summed E-state index contributed by atoms with van der Waals surface area (Å²) >= 11 is 7.20. The number of fused-ring (bicyclic) bond motifs is 1. The second-order valence-corrected chi connectivity index (χ2v) is 5.60. The number of hydrogen-bond acceptors (Lipinski definition) is 3. The van der Waals surface area contributed by atoms with Gasteiger partial charge in [0.15, 0.2) is 4.34 Å². The van der Waals surface area contributed by atoms with Crippen LogP contribution in [0, 0.1) is 0 Å². The van der Waals surface area contributed by atoms with Crippen molar-refractivity contribution in [1.29, 1.82) is 0 Å². The van der Waals surface area contributed by atoms with Gasteiger partial charge in [-0.1, -0.05) is 18.2 Å². The number of rotatable bonds is 2. The summed E-state index contributed by atoms with van der Waals surface area (Å²) < 4.78 is 12.9. The fourth-order valence-corrected chi connectivity index (χ4v) is 3.14. The van der Waals surface area contributed by atoms with E-state index < -0.39 is 10.8 Å². The van der Waals surface area contributed by atoms with Crippen LogP contribution in [0.4, 0.5) is 0 Å². The van der Waals surface area contributed by atoms with Gasteiger partial charge in [-0.25, -0.2) is 9.19 Å². The molecule has 1 aromatic heterocycles. The van der Waals surface area contributed by atoms with Crippen LogP contribution in [0.15, 0.2) is 34.5 Å². The van der Waals surface area contributed by atoms with Crippen molar-refractivity contribution in [3.8, 4) is 0 Å². The molecule has 2 nitrogen and oxygen atoms in total. The Labute approximate surface area is 92.7 Å². The molecule has 0 aliphatic carbocycles. The van der Waals surface area contributed by atoms with Crippen molar-refractivity contribution < 1.29 is 4.21 Å². The number of aromatic nitrogens is 1. The zero-order valence-corrected chi connectivity index (χ0v) is 9.46. The zero-order valence-electron chi connectivity index (χ0n) is 7.07. The van der Waals surface area contributed by atoms with E-state index >= 15 is 0 Å². The first-order chi connectivity index (χ1) is 6.70. The summed E-state index contributed by atoms with van der Waals surface area (Å²) in [5.41, 5.74) is 0.824. The molecule has 5 heteroatoms. The Morgan fingerprint density at radius 1 is 1.57 bits per heavy atom. The van der Waals surface area contributed by atoms with Gasteiger partial charge in [0.2, 0.25) is 0 Å². The highest BCUT2D eigenvalue weighted by Crippen LogP contribution is 2.27. The largest absolute Gasteiger partial charge is 0.247 e. The van der Waals surface area contributed by atoms with Gasteiger partial charge in [-0.05, 0) is 18.2 Å². The maximum atomic E-state index is 11.4. The number of thiazole rings is 1. The van der Waals surface area contributed by atoms with Crippen LogP contribution >= 0.6 is 22.9 Å². The monoisotopic (exact) mass is 243 g/mol. The molecule has 2 aromatic rings. The van der Waals surface area contributed by atoms with E-state index in [0.29, 0.717) is 9.36 Å². The summed E-state index contributed by atoms with van der Waals surface area (Å²) in [4.78, 5) is 4.21. The standard InChI is InChI=1S/C9H6ClNOS2/c1-2-14(12)9-11-7-4-3-6(10)5-8(7)13-9/h2-5H,1H2. The first kappa shape index (κ1) is 9.83. The Morgan fingerprint density at radius 3 is 3.07 bits per heavy atom. The molecule has 14 heavy (non-hydrogen) atoms. The van der Waals surface area contributed by atoms with Gasteiger partial charge in [0.25, 0.3) is 0 Å². The van der Waals surface area contributed by atoms with Crippen LogP contribution in [0.3, 0.4) is 0 Å². The molecule has 0 amide bonds. The van der Waals surface area contributed by atoms with Crippen LogP contribution in [0.2, 0.25) is 5.02 Å². The predicted molar refractivity (Wildman–Crippen MR) is 61.2 cm³/mol. The Kier molecular flexibility index (Phi) is 2.67. The highest BCUT2D eigenvalue weighted by Gasteiger charge is 2.07. The van der Waals surface area contributed by atoms with E-state index in [-0.39, 0.29) is 0 Å². The minimum absolute atomic E-state index is 0.567. The Bertz CT molecular complexity index is 521. The van der Waals surface area contributed by atoms with Crippen molar-refractivity contribution >= 4 is 44.0 Å². The van der Waals surface area contributed by atoms with Crippen LogP contribution in [-0.2, 0) is 10.8 Å². The van der Waals surface area contributed by atoms with Crippen molar-refractivity contribution in [2.45, 2.75) is 4.34 Å². The van der Waals surface area contributed by atoms with Crippen LogP contribution < -0.4 is 0 Å². The summed E-state index contributed by atoms with van der Waals surface area (Å²) in [7, 11) is -1.20. The SMILES string of the molecule is C=CS(=O)c1nc2ccc(Cl)cc2s1. The van der Waals surface area contributed by atoms with E-state index in [1.165, 1.54) is 16.7 Å². The van der Waals surface area contributed by atoms with Gasteiger partial charge in [-0.2, -0.15) is 0 Å². The van der Waals surface area contributed by atoms with E-state index in [0.717, 1.165) is 10.2 Å². The fraction of sp³-hybridized carbons (Fsp3) is 0. The molecule has 2 rings (SSSR count). The smallest absolute Gasteiger partial charge is 0.186 e. The Balaban J connectivity index is 2.62. The molecule has 0 spiro atoms. The third-order valence-electron chi connectivity index (χ3n) is 1.65. The molecule has 0 bridgehead atoms. The van der Waals surface area contributed by atoms with Gasteiger partial charge in [0.05, 0.1) is 10.2 Å². The van der Waals surface area contributed by atoms with Crippen LogP contribution in [0.5, 0.6) is 0 Å². The topological polar surface area (TPSA) is 30.0 Å². The normalized spacial score (nSPS) is 12.9. The van der Waals surface area contributed by atoms with Crippen molar-refractivity contribution in [2.24, 2.45) is 0 Å². The Hall–Kier alpha value is -0.710. The highest BCUT2D eigenvalue weighted by molar-refractivity contribution is 7.90. The van der Waals surface area contributed by atoms with Crippen LogP contribution in [0.1, 0.15) is 0 Å². The van der Waals surface area contributed by atoms with Crippen molar-refractivity contribution in [3.05, 3.63) is 35.2 Å². The van der Waals surface area contributed by atoms with E-state index in [2.05, 4.69) is 11.6 Å². The second-order valence-electron chi connectivity index (χ2n) is 2.56. The lowest BCUT2D eigenvalue weighted by Gasteiger charge is -1.86. The third kappa shape index (κ3) is 1.73. The number of benzene rings is 1. The molecule has 1 unspecified atom stereocenters. The molecule has 0 aliphatic heterocycles. The van der Waals surface area contributed by atoms with Gasteiger partial charge in [0.1, 0.15) is 10.8 Å². The number of hydrogen-bond donors (Lipinski definition) is 0. The van der Waals surface area contributed by atoms with Gasteiger partial charge >= 0.3 is 0 Å². The van der Waals surface area contributed by atoms with E-state index in [1.807, 2.05) is 12.1 Å². The minimum Gasteiger partial charge on any atom is -0.247 e. The summed E-state index contributed by atoms with van der Waals surface area (Å²) in [5, 5.41) is 2.04. The maximum absolute atomic E-state index is 11.4. The minimum atomic E-state index is -1.20. The first-order valence-electron chi connectivity index (χ1n) is 3.80. The van der Waals surface area contributed by atoms with Gasteiger partial charge in [0, 0.05) is 10.4 Å². The zero-order chi connectivity index (χ0) is 10.1. The molecule has 1 heterocycles. The van der Waals surface area contributed by atoms with Gasteiger partial charge in [-0.3, -0.25) is 0 Å². The average Bonchev–Trinajstić information content (AvgIpc) is 2.59. The summed E-state index contributed by atoms with van der Waals surface area (Å²) in [6.45, 7) is 3.47. The number of halogens is 1. The Morgan fingerprint density at radius 2 is 2.36 bits per heavy atom. The molecule has 0 saturated heterocycles. The van der Waals surface area contributed by atoms with Crippen molar-refractivity contribution in [1.82, 2.24) is 4.98 Å². The highest BCUT2D eigenvalue weighted by atomic mass is 35.5. The molecule has 0 aliphatic rings. The molecule has 1 atom stereocenters. The third-order valence-corrected chi connectivity index (χ3v) is 4.18. The first-order valence-corrected chi connectivity index (χ1v) is 6.20. The van der Waals surface area contributed by atoms with E-state index in [4.69, 9.17) is 11.6 Å². The summed E-state index contributed by atoms with van der Waals surface area (Å²) in [6.07, 6.45) is 0. The molecule has 0 saturated carbocycles. The van der Waals surface area contributed by atoms with Gasteiger partial charge in [-0.15, -0.1) is 11.3 Å². The van der Waals surface area contributed by atoms with Crippen LogP contribution in [-0.4, -0.2) is 9.19 Å². The predicted octanol–water partition coefficient (Wildman–Crippen LogP) is 3.20. The lowest BCUT2D eigenvalue weighted by atomic mass is 10.3. The molecule has 0 fully saturated rings. The van der Waals surface area contributed by atoms with Crippen LogP contribution in [0.25, 0.3) is 10.2 Å². The maximum Gasteiger partial charge on any atom is 0.186 e. The second kappa shape index (κ2) is 3.81. The molecule has 0 radical (unpaired) electrons. The number of nitrogens with zero attached hydrogens (tertiary/aromatic N) is 1. The quantitative estimate of drug-likeness (QED) is 0.811. The molecule has 0 N–H and O–H groups in total. The van der Waals surface area contributed by atoms with E-state index in [1.54, 1.807) is 6.07 Å². The van der Waals surface area contributed by atoms with E-state index in [9.17, 15) is 4.21 Å². The average molecular weight is 244 g/mol. The lowest BCUT2D eigenvalue weighted by Crippen LogP contribution is -1.81. The lowest BCUT2D eigenvalue weighted by molar-refractivity contribution is 0.688. The van der Waals surface area contributed by atoms with Crippen molar-refractivity contribution in [2.75, 3.05) is 0 Å². The summed E-state index contributed by atoms with van der Waals surface area (Å²) in [6, 6.07) is 5.40. The molecule has 1 aromatic carbocycles. The molecular weight excluding hydrogens is 238 g/mol. The van der Waals surface area contributed by atoms with Gasteiger partial charge < -0.3 is 0 Å². The summed E-state index contributed by atoms with van der Waals surface area (Å²) in [5.74, 6) is 0.